The predicted molar refractivity (Wildman–Crippen MR) is 117 cm³/mol. The molecule has 0 radical (unpaired) electrons. The minimum absolute atomic E-state index is 0.111. The van der Waals surface area contributed by atoms with E-state index in [4.69, 9.17) is 11.6 Å². The molecule has 29 heavy (non-hydrogen) atoms. The van der Waals surface area contributed by atoms with Crippen molar-refractivity contribution in [3.63, 3.8) is 0 Å². The lowest BCUT2D eigenvalue weighted by atomic mass is 9.91. The maximum absolute atomic E-state index is 13.2. The number of nitrogens with zero attached hydrogens (tertiary/aromatic N) is 2. The number of nitrogens with one attached hydrogen (secondary N) is 2. The second-order valence-electron chi connectivity index (χ2n) is 7.32. The van der Waals surface area contributed by atoms with Gasteiger partial charge in [0.25, 0.3) is 5.91 Å². The monoisotopic (exact) mass is 408 g/mol. The summed E-state index contributed by atoms with van der Waals surface area (Å²) in [4.78, 5) is 13.2. The van der Waals surface area contributed by atoms with Crippen LogP contribution in [0.5, 0.6) is 0 Å². The first-order valence-corrected chi connectivity index (χ1v) is 10.5. The summed E-state index contributed by atoms with van der Waals surface area (Å²) in [5, 5.41) is 11.8. The highest BCUT2D eigenvalue weighted by Gasteiger charge is 2.27. The van der Waals surface area contributed by atoms with Crippen LogP contribution in [0.4, 0.5) is 5.69 Å². The minimum Gasteiger partial charge on any atom is -0.322 e. The summed E-state index contributed by atoms with van der Waals surface area (Å²) in [6, 6.07) is 15.5. The third-order valence-electron chi connectivity index (χ3n) is 5.49. The lowest BCUT2D eigenvalue weighted by molar-refractivity contribution is 0.102. The van der Waals surface area contributed by atoms with Crippen molar-refractivity contribution >= 4 is 23.2 Å². The molecule has 0 atom stereocenters. The van der Waals surface area contributed by atoms with Crippen LogP contribution in [0.3, 0.4) is 0 Å². The molecule has 2 heterocycles. The van der Waals surface area contributed by atoms with Crippen molar-refractivity contribution in [3.05, 3.63) is 76.6 Å². The molecule has 6 heteroatoms. The number of amides is 1. The quantitative estimate of drug-likeness (QED) is 0.637. The van der Waals surface area contributed by atoms with Crippen molar-refractivity contribution in [2.45, 2.75) is 32.1 Å². The molecule has 0 aliphatic carbocycles. The average molecular weight is 409 g/mol. The Morgan fingerprint density at radius 2 is 1.90 bits per heavy atom. The first-order chi connectivity index (χ1) is 14.2. The summed E-state index contributed by atoms with van der Waals surface area (Å²) < 4.78 is 1.90. The Labute approximate surface area is 176 Å². The molecule has 0 bridgehead atoms. The van der Waals surface area contributed by atoms with E-state index in [0.717, 1.165) is 55.0 Å². The van der Waals surface area contributed by atoms with Crippen LogP contribution in [-0.2, 0) is 6.42 Å². The van der Waals surface area contributed by atoms with Crippen LogP contribution in [0.25, 0.3) is 5.69 Å². The number of anilines is 1. The molecule has 1 amide bonds. The number of aromatic nitrogens is 2. The fourth-order valence-corrected chi connectivity index (χ4v) is 4.08. The zero-order valence-corrected chi connectivity index (χ0v) is 17.2. The van der Waals surface area contributed by atoms with Crippen molar-refractivity contribution < 1.29 is 4.79 Å². The van der Waals surface area contributed by atoms with Crippen LogP contribution in [0.15, 0.2) is 54.7 Å². The highest BCUT2D eigenvalue weighted by atomic mass is 35.5. The number of carbonyl (C=O) groups excluding carboxylic acids is 1. The molecule has 0 saturated carbocycles. The zero-order valence-electron chi connectivity index (χ0n) is 16.5. The first kappa shape index (κ1) is 19.7. The lowest BCUT2D eigenvalue weighted by Crippen LogP contribution is -2.29. The van der Waals surface area contributed by atoms with Crippen LogP contribution >= 0.6 is 11.6 Å². The van der Waals surface area contributed by atoms with Crippen molar-refractivity contribution in [1.82, 2.24) is 15.1 Å². The van der Waals surface area contributed by atoms with Gasteiger partial charge >= 0.3 is 0 Å². The van der Waals surface area contributed by atoms with E-state index in [9.17, 15) is 4.79 Å². The van der Waals surface area contributed by atoms with Crippen molar-refractivity contribution in [2.24, 2.45) is 0 Å². The fourth-order valence-electron chi connectivity index (χ4n) is 3.95. The predicted octanol–water partition coefficient (Wildman–Crippen LogP) is 4.81. The number of benzene rings is 2. The molecular weight excluding hydrogens is 384 g/mol. The fraction of sp³-hybridized carbons (Fsp3) is 0.304. The number of para-hydroxylation sites is 1. The summed E-state index contributed by atoms with van der Waals surface area (Å²) in [7, 11) is 0. The molecule has 2 N–H and O–H groups in total. The van der Waals surface area contributed by atoms with Gasteiger partial charge in [0.05, 0.1) is 23.1 Å². The number of aryl methyl sites for hydroxylation is 1. The van der Waals surface area contributed by atoms with Gasteiger partial charge in [0.2, 0.25) is 0 Å². The Bertz CT molecular complexity index is 990. The van der Waals surface area contributed by atoms with E-state index in [0.29, 0.717) is 10.6 Å². The van der Waals surface area contributed by atoms with Gasteiger partial charge < -0.3 is 10.6 Å². The molecule has 4 rings (SSSR count). The van der Waals surface area contributed by atoms with Gasteiger partial charge in [-0.05, 0) is 68.2 Å². The van der Waals surface area contributed by atoms with Gasteiger partial charge in [0.15, 0.2) is 0 Å². The molecule has 1 aliphatic rings. The van der Waals surface area contributed by atoms with Crippen molar-refractivity contribution in [2.75, 3.05) is 18.4 Å². The van der Waals surface area contributed by atoms with Crippen LogP contribution in [0.1, 0.15) is 47.3 Å². The second kappa shape index (κ2) is 8.80. The number of carbonyl (C=O) groups is 1. The average Bonchev–Trinajstić information content (AvgIpc) is 3.20. The largest absolute Gasteiger partial charge is 0.322 e. The van der Waals surface area contributed by atoms with Gasteiger partial charge in [0, 0.05) is 16.6 Å². The summed E-state index contributed by atoms with van der Waals surface area (Å²) in [6.45, 7) is 3.97. The van der Waals surface area contributed by atoms with E-state index in [-0.39, 0.29) is 11.8 Å². The van der Waals surface area contributed by atoms with Crippen LogP contribution in [0.2, 0.25) is 5.02 Å². The minimum atomic E-state index is -0.111. The van der Waals surface area contributed by atoms with Crippen molar-refractivity contribution in [3.8, 4) is 5.69 Å². The SMILES string of the molecule is CCc1ccccc1NC(=O)c1cnn(-c2ccc(Cl)cc2)c1C1CCNCC1. The Morgan fingerprint density at radius 3 is 2.62 bits per heavy atom. The maximum atomic E-state index is 13.2. The third-order valence-corrected chi connectivity index (χ3v) is 5.75. The maximum Gasteiger partial charge on any atom is 0.259 e. The van der Waals surface area contributed by atoms with Gasteiger partial charge in [-0.15, -0.1) is 0 Å². The molecule has 2 aromatic carbocycles. The topological polar surface area (TPSA) is 59.0 Å². The van der Waals surface area contributed by atoms with Crippen LogP contribution in [0, 0.1) is 0 Å². The first-order valence-electron chi connectivity index (χ1n) is 10.1. The van der Waals surface area contributed by atoms with Crippen LogP contribution in [-0.4, -0.2) is 28.8 Å². The van der Waals surface area contributed by atoms with E-state index >= 15 is 0 Å². The molecule has 0 spiro atoms. The molecule has 0 unspecified atom stereocenters. The Balaban J connectivity index is 1.72. The van der Waals surface area contributed by atoms with E-state index in [2.05, 4.69) is 22.7 Å². The normalized spacial score (nSPS) is 14.7. The Hall–Kier alpha value is -2.63. The van der Waals surface area contributed by atoms with Gasteiger partial charge in [-0.2, -0.15) is 5.10 Å². The van der Waals surface area contributed by atoms with E-state index in [1.807, 2.05) is 53.2 Å². The number of piperidine rings is 1. The van der Waals surface area contributed by atoms with Crippen molar-refractivity contribution in [1.29, 1.82) is 0 Å². The molecule has 1 fully saturated rings. The van der Waals surface area contributed by atoms with Crippen LogP contribution < -0.4 is 10.6 Å². The highest BCUT2D eigenvalue weighted by Crippen LogP contribution is 2.31. The number of hydrogen-bond acceptors (Lipinski definition) is 3. The molecule has 1 aliphatic heterocycles. The third kappa shape index (κ3) is 4.21. The number of halogens is 1. The Kier molecular flexibility index (Phi) is 5.97. The standard InChI is InChI=1S/C23H25ClN4O/c1-2-16-5-3-4-6-21(16)27-23(29)20-15-26-28(19-9-7-18(24)8-10-19)22(20)17-11-13-25-14-12-17/h3-10,15,17,25H,2,11-14H2,1H3,(H,27,29). The van der Waals surface area contributed by atoms with E-state index in [1.54, 1.807) is 6.20 Å². The van der Waals surface area contributed by atoms with Gasteiger partial charge in [-0.25, -0.2) is 4.68 Å². The summed E-state index contributed by atoms with van der Waals surface area (Å²) in [6.07, 6.45) is 4.51. The molecule has 150 valence electrons. The number of hydrogen-bond donors (Lipinski definition) is 2. The molecule has 5 nitrogen and oxygen atoms in total. The van der Waals surface area contributed by atoms with E-state index in [1.165, 1.54) is 0 Å². The smallest absolute Gasteiger partial charge is 0.259 e. The molecule has 1 saturated heterocycles. The van der Waals surface area contributed by atoms with Gasteiger partial charge in [0.1, 0.15) is 0 Å². The number of rotatable bonds is 5. The zero-order chi connectivity index (χ0) is 20.2. The van der Waals surface area contributed by atoms with Gasteiger partial charge in [-0.1, -0.05) is 36.7 Å². The summed E-state index contributed by atoms with van der Waals surface area (Å²) in [5.74, 6) is 0.163. The molecule has 3 aromatic rings. The molecule has 1 aromatic heterocycles. The second-order valence-corrected chi connectivity index (χ2v) is 7.76. The summed E-state index contributed by atoms with van der Waals surface area (Å²) in [5.41, 5.74) is 4.50. The highest BCUT2D eigenvalue weighted by molar-refractivity contribution is 6.30. The molecular formula is C23H25ClN4O. The summed E-state index contributed by atoms with van der Waals surface area (Å²) >= 11 is 6.06. The van der Waals surface area contributed by atoms with E-state index < -0.39 is 0 Å². The lowest BCUT2D eigenvalue weighted by Gasteiger charge is -2.25. The Morgan fingerprint density at radius 1 is 1.17 bits per heavy atom. The van der Waals surface area contributed by atoms with Gasteiger partial charge in [-0.3, -0.25) is 4.79 Å².